The molecular weight excluding hydrogens is 308 g/mol. The predicted octanol–water partition coefficient (Wildman–Crippen LogP) is 3.25. The fourth-order valence-corrected chi connectivity index (χ4v) is 2.51. The van der Waals surface area contributed by atoms with Gasteiger partial charge in [-0.1, -0.05) is 22.9 Å². The zero-order valence-corrected chi connectivity index (χ0v) is 12.2. The van der Waals surface area contributed by atoms with Crippen LogP contribution in [-0.4, -0.2) is 10.9 Å². The Labute approximate surface area is 119 Å². The molecule has 1 atom stereocenters. The standard InChI is InChI=1S/C14H15BrN2O2/c1-8(9-2-3-9)14(18)16-7-13-17-11-6-10(15)4-5-12(11)19-13/h4-6,8-9H,2-3,7H2,1H3,(H,16,18)/t8-/m0/s1. The van der Waals surface area contributed by atoms with E-state index in [0.29, 0.717) is 18.4 Å². The van der Waals surface area contributed by atoms with Crippen molar-refractivity contribution in [1.82, 2.24) is 10.3 Å². The zero-order valence-electron chi connectivity index (χ0n) is 10.6. The van der Waals surface area contributed by atoms with E-state index < -0.39 is 0 Å². The van der Waals surface area contributed by atoms with Gasteiger partial charge in [0.1, 0.15) is 5.52 Å². The maximum absolute atomic E-state index is 11.9. The van der Waals surface area contributed by atoms with Gasteiger partial charge in [0.2, 0.25) is 11.8 Å². The molecule has 0 saturated heterocycles. The van der Waals surface area contributed by atoms with E-state index in [1.54, 1.807) is 0 Å². The molecule has 19 heavy (non-hydrogen) atoms. The second-order valence-corrected chi connectivity index (χ2v) is 5.98. The van der Waals surface area contributed by atoms with Crippen molar-refractivity contribution in [3.8, 4) is 0 Å². The molecule has 1 saturated carbocycles. The maximum Gasteiger partial charge on any atom is 0.223 e. The molecule has 2 aromatic rings. The molecule has 0 aliphatic heterocycles. The van der Waals surface area contributed by atoms with Crippen LogP contribution in [0, 0.1) is 11.8 Å². The lowest BCUT2D eigenvalue weighted by molar-refractivity contribution is -0.125. The summed E-state index contributed by atoms with van der Waals surface area (Å²) in [6.07, 6.45) is 2.34. The van der Waals surface area contributed by atoms with Crippen LogP contribution in [0.25, 0.3) is 11.1 Å². The minimum Gasteiger partial charge on any atom is -0.439 e. The molecule has 1 aliphatic carbocycles. The van der Waals surface area contributed by atoms with Crippen LogP contribution in [0.15, 0.2) is 27.1 Å². The first-order chi connectivity index (χ1) is 9.13. The van der Waals surface area contributed by atoms with Gasteiger partial charge >= 0.3 is 0 Å². The Balaban J connectivity index is 1.66. The minimum absolute atomic E-state index is 0.0888. The average Bonchev–Trinajstić information content (AvgIpc) is 3.16. The summed E-state index contributed by atoms with van der Waals surface area (Å²) >= 11 is 3.39. The highest BCUT2D eigenvalue weighted by molar-refractivity contribution is 9.10. The number of carbonyl (C=O) groups excluding carboxylic acids is 1. The highest BCUT2D eigenvalue weighted by Crippen LogP contribution is 2.36. The molecule has 3 rings (SSSR count). The highest BCUT2D eigenvalue weighted by atomic mass is 79.9. The van der Waals surface area contributed by atoms with Gasteiger partial charge in [-0.2, -0.15) is 0 Å². The fourth-order valence-electron chi connectivity index (χ4n) is 2.16. The van der Waals surface area contributed by atoms with Crippen LogP contribution < -0.4 is 5.32 Å². The molecule has 1 aliphatic rings. The molecule has 0 unspecified atom stereocenters. The van der Waals surface area contributed by atoms with Crippen LogP contribution >= 0.6 is 15.9 Å². The molecule has 0 spiro atoms. The quantitative estimate of drug-likeness (QED) is 0.940. The molecule has 100 valence electrons. The summed E-state index contributed by atoms with van der Waals surface area (Å²) in [7, 11) is 0. The van der Waals surface area contributed by atoms with E-state index in [-0.39, 0.29) is 11.8 Å². The third-order valence-electron chi connectivity index (χ3n) is 3.55. The molecule has 1 fully saturated rings. The van der Waals surface area contributed by atoms with Crippen molar-refractivity contribution in [2.24, 2.45) is 11.8 Å². The van der Waals surface area contributed by atoms with Gasteiger partial charge in [-0.25, -0.2) is 4.98 Å². The number of hydrogen-bond acceptors (Lipinski definition) is 3. The summed E-state index contributed by atoms with van der Waals surface area (Å²) in [6, 6.07) is 5.67. The summed E-state index contributed by atoms with van der Waals surface area (Å²) in [6.45, 7) is 2.33. The van der Waals surface area contributed by atoms with Crippen molar-refractivity contribution in [2.45, 2.75) is 26.3 Å². The molecule has 1 amide bonds. The largest absolute Gasteiger partial charge is 0.439 e. The van der Waals surface area contributed by atoms with Gasteiger partial charge in [-0.15, -0.1) is 0 Å². The van der Waals surface area contributed by atoms with E-state index in [9.17, 15) is 4.79 Å². The summed E-state index contributed by atoms with van der Waals surface area (Å²) < 4.78 is 6.55. The average molecular weight is 323 g/mol. The predicted molar refractivity (Wildman–Crippen MR) is 75.4 cm³/mol. The van der Waals surface area contributed by atoms with Crippen LogP contribution in [0.1, 0.15) is 25.7 Å². The number of amides is 1. The Kier molecular flexibility index (Phi) is 3.31. The molecule has 0 radical (unpaired) electrons. The summed E-state index contributed by atoms with van der Waals surface area (Å²) in [5.41, 5.74) is 1.54. The number of nitrogens with one attached hydrogen (secondary N) is 1. The Morgan fingerprint density at radius 3 is 3.11 bits per heavy atom. The number of nitrogens with zero attached hydrogens (tertiary/aromatic N) is 1. The third kappa shape index (κ3) is 2.81. The highest BCUT2D eigenvalue weighted by Gasteiger charge is 2.32. The van der Waals surface area contributed by atoms with Crippen molar-refractivity contribution < 1.29 is 9.21 Å². The molecule has 5 heteroatoms. The van der Waals surface area contributed by atoms with E-state index in [0.717, 1.165) is 15.6 Å². The first-order valence-electron chi connectivity index (χ1n) is 6.46. The number of benzene rings is 1. The fraction of sp³-hybridized carbons (Fsp3) is 0.429. The number of oxazole rings is 1. The summed E-state index contributed by atoms with van der Waals surface area (Å²) in [4.78, 5) is 16.2. The number of hydrogen-bond donors (Lipinski definition) is 1. The van der Waals surface area contributed by atoms with E-state index >= 15 is 0 Å². The van der Waals surface area contributed by atoms with Crippen molar-refractivity contribution >= 4 is 32.9 Å². The van der Waals surface area contributed by atoms with Crippen LogP contribution in [0.3, 0.4) is 0 Å². The van der Waals surface area contributed by atoms with Crippen LogP contribution in [-0.2, 0) is 11.3 Å². The minimum atomic E-state index is 0.0888. The molecule has 4 nitrogen and oxygen atoms in total. The smallest absolute Gasteiger partial charge is 0.223 e. The first kappa shape index (κ1) is 12.7. The van der Waals surface area contributed by atoms with Gasteiger partial charge in [0.05, 0.1) is 6.54 Å². The normalized spacial score (nSPS) is 16.5. The van der Waals surface area contributed by atoms with Crippen LogP contribution in [0.4, 0.5) is 0 Å². The molecule has 1 aromatic carbocycles. The van der Waals surface area contributed by atoms with E-state index in [1.165, 1.54) is 12.8 Å². The lowest BCUT2D eigenvalue weighted by Crippen LogP contribution is -2.29. The lowest BCUT2D eigenvalue weighted by atomic mass is 10.1. The SMILES string of the molecule is C[C@H](C(=O)NCc1nc2cc(Br)ccc2o1)C1CC1. The molecule has 1 N–H and O–H groups in total. The first-order valence-corrected chi connectivity index (χ1v) is 7.25. The third-order valence-corrected chi connectivity index (χ3v) is 4.04. The Hall–Kier alpha value is -1.36. The molecule has 0 bridgehead atoms. The number of aromatic nitrogens is 1. The Morgan fingerprint density at radius 2 is 2.37 bits per heavy atom. The van der Waals surface area contributed by atoms with Crippen LogP contribution in [0.2, 0.25) is 0 Å². The summed E-state index contributed by atoms with van der Waals surface area (Å²) in [5.74, 6) is 1.30. The van der Waals surface area contributed by atoms with Crippen molar-refractivity contribution in [1.29, 1.82) is 0 Å². The zero-order chi connectivity index (χ0) is 13.4. The van der Waals surface area contributed by atoms with Crippen molar-refractivity contribution in [3.05, 3.63) is 28.6 Å². The van der Waals surface area contributed by atoms with Crippen molar-refractivity contribution in [2.75, 3.05) is 0 Å². The monoisotopic (exact) mass is 322 g/mol. The second-order valence-electron chi connectivity index (χ2n) is 5.06. The topological polar surface area (TPSA) is 55.1 Å². The molecular formula is C14H15BrN2O2. The Bertz CT molecular complexity index is 619. The molecule has 1 aromatic heterocycles. The number of rotatable bonds is 4. The summed E-state index contributed by atoms with van der Waals surface area (Å²) in [5, 5.41) is 2.89. The number of fused-ring (bicyclic) bond motifs is 1. The van der Waals surface area contributed by atoms with E-state index in [2.05, 4.69) is 26.2 Å². The van der Waals surface area contributed by atoms with E-state index in [1.807, 2.05) is 25.1 Å². The van der Waals surface area contributed by atoms with Crippen LogP contribution in [0.5, 0.6) is 0 Å². The number of carbonyl (C=O) groups is 1. The van der Waals surface area contributed by atoms with Gasteiger partial charge < -0.3 is 9.73 Å². The number of halogens is 1. The van der Waals surface area contributed by atoms with Gasteiger partial charge in [0.25, 0.3) is 0 Å². The van der Waals surface area contributed by atoms with Gasteiger partial charge in [0, 0.05) is 10.4 Å². The molecule has 1 heterocycles. The van der Waals surface area contributed by atoms with Gasteiger partial charge in [0.15, 0.2) is 5.58 Å². The van der Waals surface area contributed by atoms with E-state index in [4.69, 9.17) is 4.42 Å². The Morgan fingerprint density at radius 1 is 1.58 bits per heavy atom. The van der Waals surface area contributed by atoms with Gasteiger partial charge in [-0.3, -0.25) is 4.79 Å². The maximum atomic E-state index is 11.9. The second kappa shape index (κ2) is 4.96. The van der Waals surface area contributed by atoms with Gasteiger partial charge in [-0.05, 0) is 37.0 Å². The lowest BCUT2D eigenvalue weighted by Gasteiger charge is -2.09. The van der Waals surface area contributed by atoms with Crippen molar-refractivity contribution in [3.63, 3.8) is 0 Å².